The van der Waals surface area contributed by atoms with Gasteiger partial charge in [0.25, 0.3) is 0 Å². The van der Waals surface area contributed by atoms with E-state index in [0.29, 0.717) is 12.3 Å². The Hall–Kier alpha value is -0.900. The van der Waals surface area contributed by atoms with Crippen LogP contribution in [0.1, 0.15) is 64.6 Å². The van der Waals surface area contributed by atoms with Crippen LogP contribution in [-0.4, -0.2) is 26.0 Å². The van der Waals surface area contributed by atoms with E-state index >= 15 is 0 Å². The largest absolute Gasteiger partial charge is 0.393 e. The van der Waals surface area contributed by atoms with Crippen molar-refractivity contribution < 1.29 is 5.11 Å². The molecule has 1 N–H and O–H groups in total. The molecule has 20 heavy (non-hydrogen) atoms. The van der Waals surface area contributed by atoms with Gasteiger partial charge >= 0.3 is 0 Å². The maximum absolute atomic E-state index is 10.2. The van der Waals surface area contributed by atoms with Crippen molar-refractivity contribution in [2.45, 2.75) is 77.9 Å². The van der Waals surface area contributed by atoms with E-state index in [4.69, 9.17) is 0 Å². The zero-order chi connectivity index (χ0) is 14.4. The average molecular weight is 279 g/mol. The smallest absolute Gasteiger partial charge is 0.138 e. The Balaban J connectivity index is 1.76. The van der Waals surface area contributed by atoms with Gasteiger partial charge in [0.2, 0.25) is 0 Å². The van der Waals surface area contributed by atoms with Crippen molar-refractivity contribution in [3.63, 3.8) is 0 Å². The van der Waals surface area contributed by atoms with Gasteiger partial charge in [0.1, 0.15) is 12.2 Å². The predicted molar refractivity (Wildman–Crippen MR) is 80.4 cm³/mol. The maximum atomic E-state index is 10.2. The molecule has 1 saturated carbocycles. The fourth-order valence-electron chi connectivity index (χ4n) is 3.16. The summed E-state index contributed by atoms with van der Waals surface area (Å²) in [7, 11) is 0. The molecule has 1 heterocycles. The molecule has 0 spiro atoms. The maximum Gasteiger partial charge on any atom is 0.138 e. The zero-order valence-electron chi connectivity index (χ0n) is 13.0. The monoisotopic (exact) mass is 279 g/mol. The number of hydrogen-bond donors (Lipinski definition) is 1. The van der Waals surface area contributed by atoms with E-state index in [1.807, 2.05) is 4.68 Å². The highest BCUT2D eigenvalue weighted by Gasteiger charge is 2.17. The van der Waals surface area contributed by atoms with Crippen LogP contribution in [-0.2, 0) is 13.0 Å². The summed E-state index contributed by atoms with van der Waals surface area (Å²) in [6.07, 6.45) is 10.9. The van der Waals surface area contributed by atoms with Gasteiger partial charge in [0, 0.05) is 13.0 Å². The first kappa shape index (κ1) is 15.5. The van der Waals surface area contributed by atoms with Crippen LogP contribution >= 0.6 is 0 Å². The van der Waals surface area contributed by atoms with Gasteiger partial charge in [-0.25, -0.2) is 9.67 Å². The number of hydrogen-bond acceptors (Lipinski definition) is 3. The third-order valence-electron chi connectivity index (χ3n) is 4.28. The molecular weight excluding hydrogens is 250 g/mol. The number of nitrogens with zero attached hydrogens (tertiary/aromatic N) is 3. The van der Waals surface area contributed by atoms with Crippen LogP contribution in [0.4, 0.5) is 0 Å². The molecule has 114 valence electrons. The van der Waals surface area contributed by atoms with Crippen LogP contribution in [0.2, 0.25) is 0 Å². The van der Waals surface area contributed by atoms with Gasteiger partial charge in [-0.15, -0.1) is 0 Å². The molecule has 1 atom stereocenters. The van der Waals surface area contributed by atoms with E-state index < -0.39 is 0 Å². The van der Waals surface area contributed by atoms with Crippen molar-refractivity contribution >= 4 is 0 Å². The molecule has 1 aliphatic rings. The minimum atomic E-state index is -0.271. The van der Waals surface area contributed by atoms with E-state index in [0.717, 1.165) is 24.7 Å². The van der Waals surface area contributed by atoms with Gasteiger partial charge in [-0.1, -0.05) is 46.0 Å². The highest BCUT2D eigenvalue weighted by molar-refractivity contribution is 4.88. The average Bonchev–Trinajstić information content (AvgIpc) is 2.84. The Morgan fingerprint density at radius 3 is 2.75 bits per heavy atom. The van der Waals surface area contributed by atoms with Crippen LogP contribution in [0.3, 0.4) is 0 Å². The van der Waals surface area contributed by atoms with E-state index in [9.17, 15) is 5.11 Å². The molecule has 4 nitrogen and oxygen atoms in total. The van der Waals surface area contributed by atoms with Crippen molar-refractivity contribution in [2.75, 3.05) is 0 Å². The van der Waals surface area contributed by atoms with Crippen molar-refractivity contribution in [1.29, 1.82) is 0 Å². The number of aliphatic hydroxyl groups excluding tert-OH is 1. The summed E-state index contributed by atoms with van der Waals surface area (Å²) in [5.41, 5.74) is 0. The highest BCUT2D eigenvalue weighted by Crippen LogP contribution is 2.28. The van der Waals surface area contributed by atoms with Crippen LogP contribution in [0.15, 0.2) is 6.33 Å². The first-order valence-electron chi connectivity index (χ1n) is 8.20. The van der Waals surface area contributed by atoms with E-state index in [2.05, 4.69) is 23.9 Å². The molecular formula is C16H29N3O. The van der Waals surface area contributed by atoms with Gasteiger partial charge in [-0.05, 0) is 24.7 Å². The molecule has 1 aromatic rings. The first-order chi connectivity index (χ1) is 9.65. The lowest BCUT2D eigenvalue weighted by Crippen LogP contribution is -2.18. The molecule has 1 aliphatic carbocycles. The standard InChI is InChI=1S/C16H29N3O/c1-13(2)11-19-16(17-12-18-19)10-15(20)9-8-14-6-4-3-5-7-14/h12-15,20H,3-11H2,1-2H3. The van der Waals surface area contributed by atoms with E-state index in [1.54, 1.807) is 6.33 Å². The molecule has 0 saturated heterocycles. The van der Waals surface area contributed by atoms with Gasteiger partial charge in [0.05, 0.1) is 6.10 Å². The third-order valence-corrected chi connectivity index (χ3v) is 4.28. The summed E-state index contributed by atoms with van der Waals surface area (Å²) in [5.74, 6) is 2.32. The van der Waals surface area contributed by atoms with Crippen molar-refractivity contribution in [3.05, 3.63) is 12.2 Å². The van der Waals surface area contributed by atoms with Crippen molar-refractivity contribution in [1.82, 2.24) is 14.8 Å². The fraction of sp³-hybridized carbons (Fsp3) is 0.875. The molecule has 0 bridgehead atoms. The molecule has 0 aliphatic heterocycles. The van der Waals surface area contributed by atoms with Gasteiger partial charge in [-0.3, -0.25) is 0 Å². The Labute approximate surface area is 122 Å². The number of aromatic nitrogens is 3. The summed E-state index contributed by atoms with van der Waals surface area (Å²) < 4.78 is 1.94. The minimum Gasteiger partial charge on any atom is -0.393 e. The van der Waals surface area contributed by atoms with Crippen molar-refractivity contribution in [3.8, 4) is 0 Å². The molecule has 1 aromatic heterocycles. The lowest BCUT2D eigenvalue weighted by molar-refractivity contribution is 0.145. The lowest BCUT2D eigenvalue weighted by Gasteiger charge is -2.22. The second-order valence-corrected chi connectivity index (χ2v) is 6.69. The van der Waals surface area contributed by atoms with Crippen molar-refractivity contribution in [2.24, 2.45) is 11.8 Å². The summed E-state index contributed by atoms with van der Waals surface area (Å²) in [4.78, 5) is 4.30. The van der Waals surface area contributed by atoms with Crippen LogP contribution in [0.25, 0.3) is 0 Å². The SMILES string of the molecule is CC(C)Cn1ncnc1CC(O)CCC1CCCCC1. The molecule has 0 amide bonds. The third kappa shape index (κ3) is 4.89. The lowest BCUT2D eigenvalue weighted by atomic mass is 9.85. The fourth-order valence-corrected chi connectivity index (χ4v) is 3.16. The first-order valence-corrected chi connectivity index (χ1v) is 8.20. The number of aliphatic hydroxyl groups is 1. The second kappa shape index (κ2) is 7.77. The Kier molecular flexibility index (Phi) is 6.02. The highest BCUT2D eigenvalue weighted by atomic mass is 16.3. The summed E-state index contributed by atoms with van der Waals surface area (Å²) in [5, 5.41) is 14.5. The Morgan fingerprint density at radius 2 is 2.05 bits per heavy atom. The number of rotatable bonds is 7. The Morgan fingerprint density at radius 1 is 1.30 bits per heavy atom. The van der Waals surface area contributed by atoms with E-state index in [-0.39, 0.29) is 6.10 Å². The summed E-state index contributed by atoms with van der Waals surface area (Å²) in [6, 6.07) is 0. The van der Waals surface area contributed by atoms with E-state index in [1.165, 1.54) is 38.5 Å². The molecule has 2 rings (SSSR count). The molecule has 0 radical (unpaired) electrons. The normalized spacial score (nSPS) is 18.6. The summed E-state index contributed by atoms with van der Waals surface area (Å²) >= 11 is 0. The van der Waals surface area contributed by atoms with Crippen LogP contribution in [0, 0.1) is 11.8 Å². The van der Waals surface area contributed by atoms with Crippen LogP contribution in [0.5, 0.6) is 0 Å². The van der Waals surface area contributed by atoms with Crippen LogP contribution < -0.4 is 0 Å². The zero-order valence-corrected chi connectivity index (χ0v) is 13.0. The predicted octanol–water partition coefficient (Wildman–Crippen LogP) is 3.20. The minimum absolute atomic E-state index is 0.271. The quantitative estimate of drug-likeness (QED) is 0.834. The molecule has 0 aromatic carbocycles. The Bertz CT molecular complexity index is 383. The van der Waals surface area contributed by atoms with Gasteiger partial charge < -0.3 is 5.11 Å². The molecule has 1 unspecified atom stereocenters. The van der Waals surface area contributed by atoms with Gasteiger partial charge in [0.15, 0.2) is 0 Å². The summed E-state index contributed by atoms with van der Waals surface area (Å²) in [6.45, 7) is 5.22. The second-order valence-electron chi connectivity index (χ2n) is 6.69. The molecule has 4 heteroatoms. The topological polar surface area (TPSA) is 50.9 Å². The molecule has 1 fully saturated rings. The van der Waals surface area contributed by atoms with Gasteiger partial charge in [-0.2, -0.15) is 5.10 Å².